The summed E-state index contributed by atoms with van der Waals surface area (Å²) < 4.78 is 42.2. The first kappa shape index (κ1) is 38.3. The van der Waals surface area contributed by atoms with E-state index in [9.17, 15) is 9.59 Å². The molecule has 3 aliphatic rings. The number of benzene rings is 2. The number of para-hydroxylation sites is 1. The van der Waals surface area contributed by atoms with Gasteiger partial charge in [-0.25, -0.2) is 9.29 Å². The molecule has 282 valence electrons. The van der Waals surface area contributed by atoms with Gasteiger partial charge in [0.2, 0.25) is 5.85 Å². The lowest BCUT2D eigenvalue weighted by molar-refractivity contribution is -0.307. The minimum atomic E-state index is -1.59. The predicted octanol–water partition coefficient (Wildman–Crippen LogP) is 6.31. The van der Waals surface area contributed by atoms with Crippen molar-refractivity contribution < 1.29 is 37.7 Å². The van der Waals surface area contributed by atoms with Crippen LogP contribution in [0.5, 0.6) is 0 Å². The Morgan fingerprint density at radius 3 is 2.46 bits per heavy atom. The number of ketones is 1. The lowest BCUT2D eigenvalue weighted by Gasteiger charge is -2.53. The van der Waals surface area contributed by atoms with Gasteiger partial charge in [0.15, 0.2) is 5.78 Å². The molecule has 0 bridgehead atoms. The highest BCUT2D eigenvalue weighted by Gasteiger charge is 2.60. The van der Waals surface area contributed by atoms with Crippen LogP contribution < -0.4 is 5.32 Å². The third-order valence-corrected chi connectivity index (χ3v) is 11.3. The second kappa shape index (κ2) is 16.3. The molecule has 3 heterocycles. The van der Waals surface area contributed by atoms with E-state index in [1.165, 1.54) is 12.1 Å². The third-order valence-electron chi connectivity index (χ3n) is 11.0. The molecule has 2 atom stereocenters. The molecular weight excluding hydrogens is 691 g/mol. The maximum atomic E-state index is 16.1. The standard InChI is InChI=1S/C39H50ClFN4O7/c1-5-51-37(48)26-13-15-28(16-14-26)52-39(44-18-8-9-19-44,45-20-10-17-38(45,50-4)25-49-3)35(46)22-27-21-31(40)33(23-32(27)41)42-36(47)30-24-43(2)34-12-7-6-11-29(30)34/h6-7,11-12,21,23-24,26,28H,5,8-10,13-20,22,25H2,1-4H3,(H,42,47)/t26?,28?,38-,39?/m1/s1. The van der Waals surface area contributed by atoms with Crippen LogP contribution in [0.15, 0.2) is 42.6 Å². The smallest absolute Gasteiger partial charge is 0.308 e. The Labute approximate surface area is 309 Å². The summed E-state index contributed by atoms with van der Waals surface area (Å²) in [5, 5.41) is 3.63. The van der Waals surface area contributed by atoms with Gasteiger partial charge in [-0.2, -0.15) is 0 Å². The fourth-order valence-corrected chi connectivity index (χ4v) is 8.61. The van der Waals surface area contributed by atoms with Crippen molar-refractivity contribution in [2.45, 2.75) is 82.4 Å². The molecule has 2 aromatic carbocycles. The van der Waals surface area contributed by atoms with Crippen LogP contribution >= 0.6 is 11.6 Å². The summed E-state index contributed by atoms with van der Waals surface area (Å²) in [5.74, 6) is -3.46. The van der Waals surface area contributed by atoms with Crippen LogP contribution in [0.4, 0.5) is 10.1 Å². The van der Waals surface area contributed by atoms with Crippen molar-refractivity contribution in [2.24, 2.45) is 13.0 Å². The molecule has 6 rings (SSSR count). The van der Waals surface area contributed by atoms with Gasteiger partial charge in [-0.3, -0.25) is 19.3 Å². The fraction of sp³-hybridized carbons (Fsp3) is 0.564. The lowest BCUT2D eigenvalue weighted by atomic mass is 9.87. The minimum absolute atomic E-state index is 0.0882. The first-order chi connectivity index (χ1) is 25.1. The van der Waals surface area contributed by atoms with Crippen LogP contribution in [0.25, 0.3) is 10.9 Å². The van der Waals surface area contributed by atoms with Gasteiger partial charge in [-0.15, -0.1) is 0 Å². The summed E-state index contributed by atoms with van der Waals surface area (Å²) >= 11 is 6.71. The number of hydrogen-bond donors (Lipinski definition) is 1. The number of nitrogens with one attached hydrogen (secondary N) is 1. The Kier molecular flexibility index (Phi) is 12.0. The van der Waals surface area contributed by atoms with Gasteiger partial charge >= 0.3 is 5.97 Å². The number of methoxy groups -OCH3 is 2. The summed E-state index contributed by atoms with van der Waals surface area (Å²) in [5.41, 5.74) is 0.551. The zero-order chi connectivity index (χ0) is 37.0. The van der Waals surface area contributed by atoms with Gasteiger partial charge in [-0.05, 0) is 82.1 Å². The molecule has 3 aromatic rings. The van der Waals surface area contributed by atoms with E-state index in [0.717, 1.165) is 30.2 Å². The fourth-order valence-electron chi connectivity index (χ4n) is 8.38. The van der Waals surface area contributed by atoms with Gasteiger partial charge in [0.25, 0.3) is 5.91 Å². The van der Waals surface area contributed by atoms with Gasteiger partial charge in [0.1, 0.15) is 11.5 Å². The molecule has 1 aromatic heterocycles. The molecule has 11 nitrogen and oxygen atoms in total. The molecular formula is C39H50ClFN4O7. The molecule has 1 N–H and O–H groups in total. The molecule has 0 radical (unpaired) electrons. The van der Waals surface area contributed by atoms with E-state index >= 15 is 9.18 Å². The molecule has 52 heavy (non-hydrogen) atoms. The SMILES string of the molecule is CCOC(=O)C1CCC(OC(C(=O)Cc2cc(Cl)c(NC(=O)c3cn(C)c4ccccc34)cc2F)(N2CCCC2)N2CCC[C@]2(COC)OC)CC1. The maximum Gasteiger partial charge on any atom is 0.308 e. The summed E-state index contributed by atoms with van der Waals surface area (Å²) in [6.45, 7) is 4.04. The van der Waals surface area contributed by atoms with E-state index < -0.39 is 23.3 Å². The van der Waals surface area contributed by atoms with Crippen molar-refractivity contribution in [1.29, 1.82) is 0 Å². The number of likely N-dealkylation sites (tertiary alicyclic amines) is 2. The van der Waals surface area contributed by atoms with Crippen LogP contribution in [0, 0.1) is 11.7 Å². The second-order valence-corrected chi connectivity index (χ2v) is 14.5. The lowest BCUT2D eigenvalue weighted by Crippen LogP contribution is -2.73. The number of esters is 1. The van der Waals surface area contributed by atoms with Gasteiger partial charge in [0.05, 0.1) is 41.5 Å². The Hall–Kier alpha value is -3.39. The normalized spacial score (nSPS) is 23.9. The number of hydrogen-bond acceptors (Lipinski definition) is 9. The minimum Gasteiger partial charge on any atom is -0.466 e. The molecule has 0 spiro atoms. The number of carbonyl (C=O) groups is 3. The zero-order valence-corrected chi connectivity index (χ0v) is 31.3. The number of anilines is 1. The first-order valence-electron chi connectivity index (χ1n) is 18.3. The zero-order valence-electron chi connectivity index (χ0n) is 30.6. The number of halogens is 2. The summed E-state index contributed by atoms with van der Waals surface area (Å²) in [4.78, 5) is 45.1. The van der Waals surface area contributed by atoms with Gasteiger partial charge in [0, 0.05) is 64.4 Å². The van der Waals surface area contributed by atoms with E-state index in [-0.39, 0.29) is 53.1 Å². The average molecular weight is 741 g/mol. The van der Waals surface area contributed by atoms with Crippen molar-refractivity contribution in [2.75, 3.05) is 52.4 Å². The number of aromatic nitrogens is 1. The monoisotopic (exact) mass is 740 g/mol. The molecule has 1 saturated carbocycles. The molecule has 13 heteroatoms. The van der Waals surface area contributed by atoms with Gasteiger partial charge < -0.3 is 28.8 Å². The van der Waals surface area contributed by atoms with Crippen molar-refractivity contribution in [1.82, 2.24) is 14.4 Å². The van der Waals surface area contributed by atoms with E-state index in [0.29, 0.717) is 63.9 Å². The number of ether oxygens (including phenoxy) is 4. The van der Waals surface area contributed by atoms with E-state index in [2.05, 4.69) is 10.2 Å². The molecule has 3 fully saturated rings. The van der Waals surface area contributed by atoms with Crippen molar-refractivity contribution in [3.05, 3.63) is 64.6 Å². The van der Waals surface area contributed by atoms with Crippen LogP contribution in [-0.2, 0) is 42.0 Å². The molecule has 2 aliphatic heterocycles. The summed E-state index contributed by atoms with van der Waals surface area (Å²) in [6, 6.07) is 10.1. The van der Waals surface area contributed by atoms with E-state index in [1.807, 2.05) is 40.8 Å². The molecule has 1 amide bonds. The number of amides is 1. The number of rotatable bonds is 14. The van der Waals surface area contributed by atoms with Crippen molar-refractivity contribution >= 4 is 45.9 Å². The number of Topliss-reactive ketones (excluding diaryl/α,β-unsaturated/α-hetero) is 1. The maximum absolute atomic E-state index is 16.1. The number of carbonyl (C=O) groups excluding carboxylic acids is 3. The average Bonchev–Trinajstić information content (AvgIpc) is 3.91. The number of nitrogens with zero attached hydrogens (tertiary/aromatic N) is 3. The van der Waals surface area contributed by atoms with Crippen molar-refractivity contribution in [3.63, 3.8) is 0 Å². The molecule has 2 saturated heterocycles. The number of fused-ring (bicyclic) bond motifs is 1. The first-order valence-corrected chi connectivity index (χ1v) is 18.7. The Morgan fingerprint density at radius 2 is 1.77 bits per heavy atom. The van der Waals surface area contributed by atoms with Crippen LogP contribution in [0.1, 0.15) is 74.2 Å². The van der Waals surface area contributed by atoms with Crippen LogP contribution in [0.3, 0.4) is 0 Å². The van der Waals surface area contributed by atoms with Crippen LogP contribution in [-0.4, -0.2) is 96.8 Å². The number of aryl methyl sites for hydroxylation is 1. The molecule has 1 unspecified atom stereocenters. The Morgan fingerprint density at radius 1 is 1.04 bits per heavy atom. The van der Waals surface area contributed by atoms with E-state index in [4.69, 9.17) is 30.5 Å². The van der Waals surface area contributed by atoms with Gasteiger partial charge in [-0.1, -0.05) is 29.8 Å². The third kappa shape index (κ3) is 7.38. The largest absolute Gasteiger partial charge is 0.466 e. The summed E-state index contributed by atoms with van der Waals surface area (Å²) in [7, 11) is 5.07. The Bertz CT molecular complexity index is 1770. The highest BCUT2D eigenvalue weighted by atomic mass is 35.5. The quantitative estimate of drug-likeness (QED) is 0.190. The topological polar surface area (TPSA) is 112 Å². The second-order valence-electron chi connectivity index (χ2n) is 14.1. The van der Waals surface area contributed by atoms with Crippen molar-refractivity contribution in [3.8, 4) is 0 Å². The summed E-state index contributed by atoms with van der Waals surface area (Å²) in [6.07, 6.45) is 6.46. The highest BCUT2D eigenvalue weighted by Crippen LogP contribution is 2.44. The van der Waals surface area contributed by atoms with Crippen LogP contribution in [0.2, 0.25) is 5.02 Å². The Balaban J connectivity index is 1.31. The molecule has 1 aliphatic carbocycles. The highest BCUT2D eigenvalue weighted by molar-refractivity contribution is 6.34. The van der Waals surface area contributed by atoms with E-state index in [1.54, 1.807) is 27.3 Å². The predicted molar refractivity (Wildman–Crippen MR) is 196 cm³/mol.